The first-order valence-corrected chi connectivity index (χ1v) is 8.34. The molecule has 0 saturated carbocycles. The molecule has 2 aromatic rings. The average Bonchev–Trinajstić information content (AvgIpc) is 2.70. The van der Waals surface area contributed by atoms with Crippen LogP contribution in [0.5, 0.6) is 5.75 Å². The highest BCUT2D eigenvalue weighted by molar-refractivity contribution is 5.95. The van der Waals surface area contributed by atoms with Crippen LogP contribution in [0, 0.1) is 10.1 Å². The predicted molar refractivity (Wildman–Crippen MR) is 96.4 cm³/mol. The summed E-state index contributed by atoms with van der Waals surface area (Å²) >= 11 is 0. The molecule has 12 heteroatoms. The SMILES string of the molecule is O=C(COc1ccccc1[N+](=O)[O-])NNC(=O)c1ccc(COCC(F)(F)F)cc1. The van der Waals surface area contributed by atoms with Gasteiger partial charge in [-0.05, 0) is 23.8 Å². The fourth-order valence-electron chi connectivity index (χ4n) is 2.15. The van der Waals surface area contributed by atoms with Crippen LogP contribution < -0.4 is 15.6 Å². The van der Waals surface area contributed by atoms with E-state index in [2.05, 4.69) is 15.6 Å². The van der Waals surface area contributed by atoms with Gasteiger partial charge in [-0.15, -0.1) is 0 Å². The number of ether oxygens (including phenoxy) is 2. The van der Waals surface area contributed by atoms with Crippen molar-refractivity contribution >= 4 is 17.5 Å². The summed E-state index contributed by atoms with van der Waals surface area (Å²) in [5, 5.41) is 10.9. The second-order valence-corrected chi connectivity index (χ2v) is 5.82. The third-order valence-electron chi connectivity index (χ3n) is 3.49. The molecule has 0 bridgehead atoms. The van der Waals surface area contributed by atoms with Crippen LogP contribution in [0.4, 0.5) is 18.9 Å². The monoisotopic (exact) mass is 427 g/mol. The summed E-state index contributed by atoms with van der Waals surface area (Å²) in [5.41, 5.74) is 4.46. The molecule has 0 aliphatic carbocycles. The Morgan fingerprint density at radius 2 is 1.70 bits per heavy atom. The molecule has 0 fully saturated rings. The molecule has 0 heterocycles. The molecule has 0 radical (unpaired) electrons. The average molecular weight is 427 g/mol. The number of nitrogens with zero attached hydrogens (tertiary/aromatic N) is 1. The normalized spacial score (nSPS) is 10.9. The van der Waals surface area contributed by atoms with Crippen molar-refractivity contribution in [1.29, 1.82) is 0 Å². The van der Waals surface area contributed by atoms with Gasteiger partial charge < -0.3 is 9.47 Å². The number of hydrazine groups is 1. The smallest absolute Gasteiger partial charge is 0.411 e. The van der Waals surface area contributed by atoms with Gasteiger partial charge >= 0.3 is 11.9 Å². The number of carbonyl (C=O) groups is 2. The van der Waals surface area contributed by atoms with Crippen LogP contribution in [-0.2, 0) is 16.1 Å². The topological polar surface area (TPSA) is 120 Å². The fraction of sp³-hybridized carbons (Fsp3) is 0.222. The molecular formula is C18H16F3N3O6. The molecule has 2 rings (SSSR count). The number of hydrogen-bond acceptors (Lipinski definition) is 6. The molecule has 160 valence electrons. The summed E-state index contributed by atoms with van der Waals surface area (Å²) < 4.78 is 45.7. The summed E-state index contributed by atoms with van der Waals surface area (Å²) in [6.07, 6.45) is -4.42. The largest absolute Gasteiger partial charge is 0.477 e. The van der Waals surface area contributed by atoms with Crippen molar-refractivity contribution in [2.45, 2.75) is 12.8 Å². The molecular weight excluding hydrogens is 411 g/mol. The Hall–Kier alpha value is -3.67. The minimum atomic E-state index is -4.42. The highest BCUT2D eigenvalue weighted by Gasteiger charge is 2.27. The van der Waals surface area contributed by atoms with E-state index in [-0.39, 0.29) is 23.6 Å². The Morgan fingerprint density at radius 3 is 2.33 bits per heavy atom. The van der Waals surface area contributed by atoms with Crippen LogP contribution in [0.2, 0.25) is 0 Å². The Balaban J connectivity index is 1.78. The lowest BCUT2D eigenvalue weighted by molar-refractivity contribution is -0.385. The third kappa shape index (κ3) is 7.39. The van der Waals surface area contributed by atoms with Crippen molar-refractivity contribution in [3.63, 3.8) is 0 Å². The zero-order valence-electron chi connectivity index (χ0n) is 15.3. The number of nitrogens with one attached hydrogen (secondary N) is 2. The van der Waals surface area contributed by atoms with Gasteiger partial charge in [-0.25, -0.2) is 0 Å². The minimum absolute atomic E-state index is 0.104. The zero-order chi connectivity index (χ0) is 22.1. The van der Waals surface area contributed by atoms with Gasteiger partial charge in [-0.1, -0.05) is 24.3 Å². The van der Waals surface area contributed by atoms with Crippen LogP contribution in [0.3, 0.4) is 0 Å². The van der Waals surface area contributed by atoms with Gasteiger partial charge in [-0.2, -0.15) is 13.2 Å². The van der Waals surface area contributed by atoms with Crippen molar-refractivity contribution in [3.8, 4) is 5.75 Å². The van der Waals surface area contributed by atoms with E-state index in [1.807, 2.05) is 0 Å². The number of rotatable bonds is 8. The molecule has 9 nitrogen and oxygen atoms in total. The van der Waals surface area contributed by atoms with Crippen LogP contribution in [0.15, 0.2) is 48.5 Å². The van der Waals surface area contributed by atoms with Gasteiger partial charge in [0.05, 0.1) is 11.5 Å². The quantitative estimate of drug-likeness (QED) is 0.494. The standard InChI is InChI=1S/C18H16F3N3O6/c19-18(20,21)11-29-9-12-5-7-13(8-6-12)17(26)23-22-16(25)10-30-15-4-2-1-3-14(15)24(27)28/h1-8H,9-11H2,(H,22,25)(H,23,26). The highest BCUT2D eigenvalue weighted by Crippen LogP contribution is 2.25. The molecule has 2 amide bonds. The Labute approximate surface area is 167 Å². The molecule has 0 aromatic heterocycles. The van der Waals surface area contributed by atoms with E-state index in [0.29, 0.717) is 5.56 Å². The van der Waals surface area contributed by atoms with Crippen molar-refractivity contribution in [2.75, 3.05) is 13.2 Å². The highest BCUT2D eigenvalue weighted by atomic mass is 19.4. The van der Waals surface area contributed by atoms with Crippen LogP contribution in [-0.4, -0.2) is 36.1 Å². The van der Waals surface area contributed by atoms with Gasteiger partial charge in [0.2, 0.25) is 0 Å². The van der Waals surface area contributed by atoms with E-state index in [1.54, 1.807) is 0 Å². The molecule has 0 atom stereocenters. The second kappa shape index (κ2) is 10.2. The van der Waals surface area contributed by atoms with E-state index >= 15 is 0 Å². The van der Waals surface area contributed by atoms with E-state index in [9.17, 15) is 32.9 Å². The molecule has 0 aliphatic heterocycles. The summed E-state index contributed by atoms with van der Waals surface area (Å²) in [5.74, 6) is -1.55. The maximum absolute atomic E-state index is 12.0. The summed E-state index contributed by atoms with van der Waals surface area (Å²) in [7, 11) is 0. The lowest BCUT2D eigenvalue weighted by atomic mass is 10.1. The number of nitro benzene ring substituents is 1. The Morgan fingerprint density at radius 1 is 1.03 bits per heavy atom. The first kappa shape index (κ1) is 22.6. The molecule has 0 saturated heterocycles. The first-order valence-electron chi connectivity index (χ1n) is 8.34. The molecule has 2 aromatic carbocycles. The minimum Gasteiger partial charge on any atom is -0.477 e. The van der Waals surface area contributed by atoms with Crippen LogP contribution in [0.25, 0.3) is 0 Å². The van der Waals surface area contributed by atoms with Gasteiger partial charge in [0.1, 0.15) is 6.61 Å². The van der Waals surface area contributed by atoms with Crippen molar-refractivity contribution in [2.24, 2.45) is 0 Å². The van der Waals surface area contributed by atoms with Crippen molar-refractivity contribution in [1.82, 2.24) is 10.9 Å². The first-order chi connectivity index (χ1) is 14.2. The van der Waals surface area contributed by atoms with Gasteiger partial charge in [0.25, 0.3) is 11.8 Å². The number of amides is 2. The van der Waals surface area contributed by atoms with E-state index in [4.69, 9.17) is 4.74 Å². The van der Waals surface area contributed by atoms with Gasteiger partial charge in [0, 0.05) is 11.6 Å². The Kier molecular flexibility index (Phi) is 7.69. The number of benzene rings is 2. The number of para-hydroxylation sites is 2. The fourth-order valence-corrected chi connectivity index (χ4v) is 2.15. The number of alkyl halides is 3. The number of carbonyl (C=O) groups excluding carboxylic acids is 2. The Bertz CT molecular complexity index is 903. The third-order valence-corrected chi connectivity index (χ3v) is 3.49. The van der Waals surface area contributed by atoms with E-state index in [0.717, 1.165) is 0 Å². The second-order valence-electron chi connectivity index (χ2n) is 5.82. The molecule has 0 aliphatic rings. The lowest BCUT2D eigenvalue weighted by Crippen LogP contribution is -2.43. The van der Waals surface area contributed by atoms with Crippen molar-refractivity contribution < 1.29 is 37.2 Å². The van der Waals surface area contributed by atoms with Crippen LogP contribution >= 0.6 is 0 Å². The zero-order valence-corrected chi connectivity index (χ0v) is 15.3. The number of halogens is 3. The van der Waals surface area contributed by atoms with Gasteiger partial charge in [-0.3, -0.25) is 30.6 Å². The number of nitro groups is 1. The molecule has 0 spiro atoms. The summed E-state index contributed by atoms with van der Waals surface area (Å²) in [6.45, 7) is -2.24. The maximum Gasteiger partial charge on any atom is 0.411 e. The maximum atomic E-state index is 12.0. The summed E-state index contributed by atoms with van der Waals surface area (Å²) in [4.78, 5) is 34.0. The lowest BCUT2D eigenvalue weighted by Gasteiger charge is -2.10. The predicted octanol–water partition coefficient (Wildman–Crippen LogP) is 2.51. The van der Waals surface area contributed by atoms with Gasteiger partial charge in [0.15, 0.2) is 12.4 Å². The molecule has 30 heavy (non-hydrogen) atoms. The summed E-state index contributed by atoms with van der Waals surface area (Å²) in [6, 6.07) is 11.0. The van der Waals surface area contributed by atoms with E-state index < -0.39 is 36.1 Å². The van der Waals surface area contributed by atoms with Crippen molar-refractivity contribution in [3.05, 3.63) is 69.8 Å². The van der Waals surface area contributed by atoms with E-state index in [1.165, 1.54) is 48.5 Å². The van der Waals surface area contributed by atoms with Crippen LogP contribution in [0.1, 0.15) is 15.9 Å². The molecule has 0 unspecified atom stereocenters. The molecule has 2 N–H and O–H groups in total. The number of hydrogen-bond donors (Lipinski definition) is 2.